The number of halogens is 1. The number of nitrogens with one attached hydrogen (secondary N) is 1. The van der Waals surface area contributed by atoms with E-state index in [2.05, 4.69) is 0 Å². The first-order valence-corrected chi connectivity index (χ1v) is 9.42. The number of rotatable bonds is 5. The normalized spacial score (nSPS) is 10.7. The van der Waals surface area contributed by atoms with Gasteiger partial charge in [0.1, 0.15) is 12.2 Å². The van der Waals surface area contributed by atoms with E-state index in [1.54, 1.807) is 47.9 Å². The zero-order chi connectivity index (χ0) is 21.1. The molecule has 0 aliphatic carbocycles. The molecule has 0 saturated heterocycles. The minimum Gasteiger partial charge on any atom is -0.481 e. The maximum atomic E-state index is 13.2. The molecular weight excluding hydrogens is 406 g/mol. The van der Waals surface area contributed by atoms with Crippen LogP contribution < -0.4 is 15.6 Å². The summed E-state index contributed by atoms with van der Waals surface area (Å²) in [4.78, 5) is 24.6. The number of carbonyl (C=O) groups is 1. The fourth-order valence-electron chi connectivity index (χ4n) is 3.03. The smallest absolute Gasteiger partial charge is 0.274 e. The van der Waals surface area contributed by atoms with Crippen LogP contribution >= 0.6 is 11.6 Å². The standard InChI is InChI=1S/C23H16ClNO5/c24-17-10-11-19-18(12-17)20(26)22(21(30-19)15-4-2-1-3-5-15)29-13-14-6-8-16(9-7-14)23(27)25-28/h1-12,28H,13H2,(H,25,27). The van der Waals surface area contributed by atoms with Crippen molar-refractivity contribution >= 4 is 28.5 Å². The molecule has 3 aromatic carbocycles. The van der Waals surface area contributed by atoms with Crippen molar-refractivity contribution in [1.29, 1.82) is 0 Å². The number of benzene rings is 3. The van der Waals surface area contributed by atoms with Gasteiger partial charge in [-0.15, -0.1) is 0 Å². The van der Waals surface area contributed by atoms with Crippen molar-refractivity contribution in [3.8, 4) is 17.1 Å². The molecule has 0 radical (unpaired) electrons. The van der Waals surface area contributed by atoms with Crippen LogP contribution in [-0.2, 0) is 6.61 Å². The molecule has 0 atom stereocenters. The minimum atomic E-state index is -0.610. The highest BCUT2D eigenvalue weighted by Crippen LogP contribution is 2.32. The molecule has 0 bridgehead atoms. The van der Waals surface area contributed by atoms with E-state index in [-0.39, 0.29) is 17.8 Å². The molecule has 0 aliphatic heterocycles. The van der Waals surface area contributed by atoms with Gasteiger partial charge < -0.3 is 9.15 Å². The molecule has 0 spiro atoms. The Balaban J connectivity index is 1.74. The summed E-state index contributed by atoms with van der Waals surface area (Å²) in [6.07, 6.45) is 0. The lowest BCUT2D eigenvalue weighted by Gasteiger charge is -2.12. The third-order valence-corrected chi connectivity index (χ3v) is 4.78. The zero-order valence-corrected chi connectivity index (χ0v) is 16.3. The van der Waals surface area contributed by atoms with Crippen LogP contribution in [0, 0.1) is 0 Å². The zero-order valence-electron chi connectivity index (χ0n) is 15.6. The Bertz CT molecular complexity index is 1270. The quantitative estimate of drug-likeness (QED) is 0.356. The Morgan fingerprint density at radius 2 is 1.77 bits per heavy atom. The third kappa shape index (κ3) is 3.91. The van der Waals surface area contributed by atoms with Gasteiger partial charge in [0.2, 0.25) is 11.2 Å². The monoisotopic (exact) mass is 421 g/mol. The topological polar surface area (TPSA) is 88.8 Å². The number of amides is 1. The van der Waals surface area contributed by atoms with E-state index >= 15 is 0 Å². The van der Waals surface area contributed by atoms with Gasteiger partial charge in [0.15, 0.2) is 5.76 Å². The lowest BCUT2D eigenvalue weighted by molar-refractivity contribution is 0.0706. The summed E-state index contributed by atoms with van der Waals surface area (Å²) in [6, 6.07) is 20.5. The van der Waals surface area contributed by atoms with E-state index in [0.29, 0.717) is 32.9 Å². The van der Waals surface area contributed by atoms with E-state index in [4.69, 9.17) is 26.0 Å². The number of ether oxygens (including phenoxy) is 1. The second kappa shape index (κ2) is 8.41. The van der Waals surface area contributed by atoms with Crippen LogP contribution in [0.4, 0.5) is 0 Å². The molecule has 6 nitrogen and oxygen atoms in total. The average Bonchev–Trinajstić information content (AvgIpc) is 2.79. The summed E-state index contributed by atoms with van der Waals surface area (Å²) in [5, 5.41) is 9.45. The second-order valence-corrected chi connectivity index (χ2v) is 6.96. The Morgan fingerprint density at radius 1 is 1.03 bits per heavy atom. The first kappa shape index (κ1) is 19.7. The number of hydroxylamine groups is 1. The lowest BCUT2D eigenvalue weighted by Crippen LogP contribution is -2.18. The Morgan fingerprint density at radius 3 is 2.47 bits per heavy atom. The molecular formula is C23H16ClNO5. The average molecular weight is 422 g/mol. The maximum absolute atomic E-state index is 13.2. The van der Waals surface area contributed by atoms with Crippen molar-refractivity contribution in [2.24, 2.45) is 0 Å². The van der Waals surface area contributed by atoms with E-state index in [9.17, 15) is 9.59 Å². The first-order valence-electron chi connectivity index (χ1n) is 9.05. The van der Waals surface area contributed by atoms with Gasteiger partial charge in [-0.25, -0.2) is 5.48 Å². The van der Waals surface area contributed by atoms with Gasteiger partial charge in [-0.3, -0.25) is 14.8 Å². The van der Waals surface area contributed by atoms with E-state index in [1.165, 1.54) is 0 Å². The van der Waals surface area contributed by atoms with E-state index in [0.717, 1.165) is 5.56 Å². The van der Waals surface area contributed by atoms with Gasteiger partial charge in [-0.05, 0) is 35.9 Å². The molecule has 30 heavy (non-hydrogen) atoms. The summed E-state index contributed by atoms with van der Waals surface area (Å²) < 4.78 is 11.9. The number of carbonyl (C=O) groups excluding carboxylic acids is 1. The van der Waals surface area contributed by atoms with Crippen LogP contribution in [0.15, 0.2) is 82.0 Å². The van der Waals surface area contributed by atoms with Crippen molar-refractivity contribution in [3.05, 3.63) is 99.2 Å². The van der Waals surface area contributed by atoms with Crippen LogP contribution in [0.2, 0.25) is 5.02 Å². The van der Waals surface area contributed by atoms with Crippen LogP contribution in [0.1, 0.15) is 15.9 Å². The highest BCUT2D eigenvalue weighted by atomic mass is 35.5. The molecule has 2 N–H and O–H groups in total. The SMILES string of the molecule is O=C(NO)c1ccc(COc2c(-c3ccccc3)oc3ccc(Cl)cc3c2=O)cc1. The molecule has 150 valence electrons. The first-order chi connectivity index (χ1) is 14.6. The van der Waals surface area contributed by atoms with Gasteiger partial charge >= 0.3 is 0 Å². The molecule has 4 aromatic rings. The minimum absolute atomic E-state index is 0.0770. The highest BCUT2D eigenvalue weighted by molar-refractivity contribution is 6.31. The van der Waals surface area contributed by atoms with Gasteiger partial charge in [0.25, 0.3) is 5.91 Å². The molecule has 1 amide bonds. The second-order valence-electron chi connectivity index (χ2n) is 6.52. The number of hydrogen-bond acceptors (Lipinski definition) is 5. The summed E-state index contributed by atoms with van der Waals surface area (Å²) >= 11 is 6.05. The highest BCUT2D eigenvalue weighted by Gasteiger charge is 2.18. The van der Waals surface area contributed by atoms with Gasteiger partial charge in [0, 0.05) is 16.1 Å². The van der Waals surface area contributed by atoms with Crippen LogP contribution in [0.25, 0.3) is 22.3 Å². The Hall–Kier alpha value is -3.61. The van der Waals surface area contributed by atoms with Gasteiger partial charge in [-0.2, -0.15) is 0 Å². The van der Waals surface area contributed by atoms with Crippen molar-refractivity contribution in [2.75, 3.05) is 0 Å². The predicted molar refractivity (Wildman–Crippen MR) is 113 cm³/mol. The summed E-state index contributed by atoms with van der Waals surface area (Å²) in [7, 11) is 0. The molecule has 7 heteroatoms. The van der Waals surface area contributed by atoms with Crippen LogP contribution in [0.5, 0.6) is 5.75 Å². The molecule has 1 aromatic heterocycles. The number of fused-ring (bicyclic) bond motifs is 1. The van der Waals surface area contributed by atoms with E-state index in [1.807, 2.05) is 30.3 Å². The third-order valence-electron chi connectivity index (χ3n) is 4.55. The maximum Gasteiger partial charge on any atom is 0.274 e. The molecule has 0 saturated carbocycles. The fourth-order valence-corrected chi connectivity index (χ4v) is 3.21. The Labute approximate surface area is 176 Å². The van der Waals surface area contributed by atoms with E-state index < -0.39 is 5.91 Å². The van der Waals surface area contributed by atoms with Crippen molar-refractivity contribution < 1.29 is 19.2 Å². The summed E-state index contributed by atoms with van der Waals surface area (Å²) in [5.74, 6) is -0.208. The molecule has 4 rings (SSSR count). The largest absolute Gasteiger partial charge is 0.481 e. The molecule has 0 fully saturated rings. The predicted octanol–water partition coefficient (Wildman–Crippen LogP) is 4.81. The van der Waals surface area contributed by atoms with Crippen LogP contribution in [0.3, 0.4) is 0 Å². The fraction of sp³-hybridized carbons (Fsp3) is 0.0435. The Kier molecular flexibility index (Phi) is 5.52. The molecule has 1 heterocycles. The lowest BCUT2D eigenvalue weighted by atomic mass is 10.1. The summed E-state index contributed by atoms with van der Waals surface area (Å²) in [5.41, 5.74) is 3.40. The van der Waals surface area contributed by atoms with Crippen molar-refractivity contribution in [3.63, 3.8) is 0 Å². The van der Waals surface area contributed by atoms with Crippen molar-refractivity contribution in [1.82, 2.24) is 5.48 Å². The number of hydrogen-bond donors (Lipinski definition) is 2. The van der Waals surface area contributed by atoms with Gasteiger partial charge in [-0.1, -0.05) is 54.1 Å². The molecule has 0 unspecified atom stereocenters. The molecule has 0 aliphatic rings. The van der Waals surface area contributed by atoms with Gasteiger partial charge in [0.05, 0.1) is 5.39 Å². The van der Waals surface area contributed by atoms with Crippen molar-refractivity contribution in [2.45, 2.75) is 6.61 Å². The van der Waals surface area contributed by atoms with Crippen LogP contribution in [-0.4, -0.2) is 11.1 Å². The summed E-state index contributed by atoms with van der Waals surface area (Å²) in [6.45, 7) is 0.0810.